The lowest BCUT2D eigenvalue weighted by Crippen LogP contribution is -2.51. The molecule has 2 aliphatic rings. The fourth-order valence-electron chi connectivity index (χ4n) is 4.07. The molecular formula is C17H23Cl2NO. The second kappa shape index (κ2) is 6.36. The highest BCUT2D eigenvalue weighted by molar-refractivity contribution is 6.42. The standard InChI is InChI=1S/C17H23Cl2NO/c1-3-12-9-13-7-8-20(11(13)2)15(12)10-21-16-6-4-5-14(18)17(16)19/h4-6,11-13,15H,3,7-10H2,1-2H3/t11?,12-,13?,15-/m0/s1. The van der Waals surface area contributed by atoms with Crippen LogP contribution in [-0.2, 0) is 0 Å². The number of halogens is 2. The molecule has 4 heteroatoms. The Morgan fingerprint density at radius 1 is 1.33 bits per heavy atom. The average molecular weight is 328 g/mol. The highest BCUT2D eigenvalue weighted by Gasteiger charge is 2.44. The highest BCUT2D eigenvalue weighted by Crippen LogP contribution is 2.41. The van der Waals surface area contributed by atoms with Crippen LogP contribution in [0.5, 0.6) is 5.75 Å². The van der Waals surface area contributed by atoms with Crippen LogP contribution in [0.1, 0.15) is 33.1 Å². The maximum Gasteiger partial charge on any atom is 0.139 e. The third-order valence-electron chi connectivity index (χ3n) is 5.39. The van der Waals surface area contributed by atoms with Crippen LogP contribution < -0.4 is 4.74 Å². The molecule has 0 spiro atoms. The Labute approximate surface area is 137 Å². The monoisotopic (exact) mass is 327 g/mol. The summed E-state index contributed by atoms with van der Waals surface area (Å²) in [4.78, 5) is 2.64. The van der Waals surface area contributed by atoms with Gasteiger partial charge >= 0.3 is 0 Å². The summed E-state index contributed by atoms with van der Waals surface area (Å²) < 4.78 is 6.03. The van der Waals surface area contributed by atoms with Crippen LogP contribution in [0.15, 0.2) is 18.2 Å². The van der Waals surface area contributed by atoms with Gasteiger partial charge < -0.3 is 4.74 Å². The quantitative estimate of drug-likeness (QED) is 0.781. The number of hydrogen-bond acceptors (Lipinski definition) is 2. The Kier molecular flexibility index (Phi) is 4.68. The lowest BCUT2D eigenvalue weighted by atomic mass is 9.80. The summed E-state index contributed by atoms with van der Waals surface area (Å²) in [6.45, 7) is 6.57. The number of piperidine rings is 1. The van der Waals surface area contributed by atoms with Gasteiger partial charge in [-0.3, -0.25) is 4.90 Å². The van der Waals surface area contributed by atoms with Crippen molar-refractivity contribution < 1.29 is 4.74 Å². The van der Waals surface area contributed by atoms with E-state index in [1.807, 2.05) is 12.1 Å². The predicted molar refractivity (Wildman–Crippen MR) is 88.4 cm³/mol. The van der Waals surface area contributed by atoms with Crippen molar-refractivity contribution in [3.05, 3.63) is 28.2 Å². The van der Waals surface area contributed by atoms with E-state index in [4.69, 9.17) is 27.9 Å². The van der Waals surface area contributed by atoms with E-state index < -0.39 is 0 Å². The lowest BCUT2D eigenvalue weighted by molar-refractivity contribution is 0.0332. The molecule has 0 amide bonds. The second-order valence-electron chi connectivity index (χ2n) is 6.36. The van der Waals surface area contributed by atoms with E-state index in [2.05, 4.69) is 18.7 Å². The summed E-state index contributed by atoms with van der Waals surface area (Å²) in [6, 6.07) is 6.76. The number of nitrogens with zero attached hydrogens (tertiary/aromatic N) is 1. The summed E-state index contributed by atoms with van der Waals surface area (Å²) in [5, 5.41) is 1.08. The van der Waals surface area contributed by atoms with Gasteiger partial charge in [-0.2, -0.15) is 0 Å². The van der Waals surface area contributed by atoms with Crippen LogP contribution >= 0.6 is 23.2 Å². The van der Waals surface area contributed by atoms with Crippen molar-refractivity contribution in [3.8, 4) is 5.75 Å². The number of fused-ring (bicyclic) bond motifs is 2. The van der Waals surface area contributed by atoms with E-state index in [1.165, 1.54) is 25.8 Å². The van der Waals surface area contributed by atoms with Crippen LogP contribution in [0.2, 0.25) is 10.0 Å². The summed E-state index contributed by atoms with van der Waals surface area (Å²) in [5.74, 6) is 2.31. The first-order valence-corrected chi connectivity index (χ1v) is 8.70. The average Bonchev–Trinajstić information content (AvgIpc) is 2.73. The molecule has 1 aromatic carbocycles. The fourth-order valence-corrected chi connectivity index (χ4v) is 4.42. The van der Waals surface area contributed by atoms with Crippen molar-refractivity contribution in [2.75, 3.05) is 13.2 Å². The lowest BCUT2D eigenvalue weighted by Gasteiger charge is -2.43. The summed E-state index contributed by atoms with van der Waals surface area (Å²) in [7, 11) is 0. The van der Waals surface area contributed by atoms with Crippen molar-refractivity contribution in [3.63, 3.8) is 0 Å². The van der Waals surface area contributed by atoms with Crippen molar-refractivity contribution in [1.29, 1.82) is 0 Å². The van der Waals surface area contributed by atoms with E-state index >= 15 is 0 Å². The number of hydrogen-bond donors (Lipinski definition) is 0. The highest BCUT2D eigenvalue weighted by atomic mass is 35.5. The van der Waals surface area contributed by atoms with Gasteiger partial charge in [-0.05, 0) is 50.3 Å². The number of ether oxygens (including phenoxy) is 1. The maximum absolute atomic E-state index is 6.22. The van der Waals surface area contributed by atoms with Crippen LogP contribution in [0.4, 0.5) is 0 Å². The van der Waals surface area contributed by atoms with Crippen LogP contribution in [-0.4, -0.2) is 30.1 Å². The van der Waals surface area contributed by atoms with E-state index in [0.29, 0.717) is 34.5 Å². The largest absolute Gasteiger partial charge is 0.490 e. The fraction of sp³-hybridized carbons (Fsp3) is 0.647. The van der Waals surface area contributed by atoms with Crippen LogP contribution in [0.3, 0.4) is 0 Å². The van der Waals surface area contributed by atoms with E-state index in [-0.39, 0.29) is 0 Å². The van der Waals surface area contributed by atoms with Gasteiger partial charge in [-0.25, -0.2) is 0 Å². The minimum absolute atomic E-state index is 0.499. The molecule has 2 fully saturated rings. The van der Waals surface area contributed by atoms with Gasteiger partial charge in [-0.1, -0.05) is 42.6 Å². The summed E-state index contributed by atoms with van der Waals surface area (Å²) >= 11 is 12.3. The molecule has 2 nitrogen and oxygen atoms in total. The first-order chi connectivity index (χ1) is 10.1. The molecule has 3 rings (SSSR count). The third-order valence-corrected chi connectivity index (χ3v) is 6.19. The van der Waals surface area contributed by atoms with Crippen molar-refractivity contribution >= 4 is 23.2 Å². The summed E-state index contributed by atoms with van der Waals surface area (Å²) in [6.07, 6.45) is 3.90. The molecule has 0 aromatic heterocycles. The van der Waals surface area contributed by atoms with Gasteiger partial charge in [0.1, 0.15) is 17.4 Å². The molecule has 3 unspecified atom stereocenters. The Morgan fingerprint density at radius 3 is 2.90 bits per heavy atom. The topological polar surface area (TPSA) is 12.5 Å². The van der Waals surface area contributed by atoms with Gasteiger partial charge in [0.15, 0.2) is 0 Å². The van der Waals surface area contributed by atoms with Crippen molar-refractivity contribution in [1.82, 2.24) is 4.90 Å². The second-order valence-corrected chi connectivity index (χ2v) is 7.15. The Hall–Kier alpha value is -0.440. The third kappa shape index (κ3) is 2.91. The molecule has 0 saturated carbocycles. The maximum atomic E-state index is 6.22. The van der Waals surface area contributed by atoms with Gasteiger partial charge in [0.05, 0.1) is 5.02 Å². The van der Waals surface area contributed by atoms with E-state index in [9.17, 15) is 0 Å². The van der Waals surface area contributed by atoms with Crippen molar-refractivity contribution in [2.24, 2.45) is 11.8 Å². The van der Waals surface area contributed by atoms with Gasteiger partial charge in [0, 0.05) is 12.1 Å². The molecule has 21 heavy (non-hydrogen) atoms. The summed E-state index contributed by atoms with van der Waals surface area (Å²) in [5.41, 5.74) is 0. The molecule has 0 N–H and O–H groups in total. The Balaban J connectivity index is 1.72. The minimum atomic E-state index is 0.499. The molecule has 0 radical (unpaired) electrons. The zero-order chi connectivity index (χ0) is 15.0. The normalized spacial score (nSPS) is 35.0. The molecule has 0 aliphatic carbocycles. The van der Waals surface area contributed by atoms with Crippen LogP contribution in [0, 0.1) is 11.8 Å². The van der Waals surface area contributed by atoms with Crippen LogP contribution in [0.25, 0.3) is 0 Å². The molecule has 2 aliphatic heterocycles. The molecule has 2 saturated heterocycles. The Morgan fingerprint density at radius 2 is 2.14 bits per heavy atom. The van der Waals surface area contributed by atoms with E-state index in [0.717, 1.165) is 11.8 Å². The molecule has 5 atom stereocenters. The molecule has 116 valence electrons. The first-order valence-electron chi connectivity index (χ1n) is 7.94. The zero-order valence-corrected chi connectivity index (χ0v) is 14.2. The van der Waals surface area contributed by atoms with Crippen molar-refractivity contribution in [2.45, 2.75) is 45.2 Å². The molecule has 2 heterocycles. The number of benzene rings is 1. The van der Waals surface area contributed by atoms with E-state index in [1.54, 1.807) is 6.07 Å². The predicted octanol–water partition coefficient (Wildman–Crippen LogP) is 4.88. The van der Waals surface area contributed by atoms with Gasteiger partial charge in [0.2, 0.25) is 0 Å². The number of rotatable bonds is 4. The first kappa shape index (κ1) is 15.5. The van der Waals surface area contributed by atoms with Gasteiger partial charge in [0.25, 0.3) is 0 Å². The molecular weight excluding hydrogens is 305 g/mol. The van der Waals surface area contributed by atoms with Gasteiger partial charge in [-0.15, -0.1) is 0 Å². The molecule has 1 aromatic rings. The Bertz CT molecular complexity index is 508. The zero-order valence-electron chi connectivity index (χ0n) is 12.7. The minimum Gasteiger partial charge on any atom is -0.490 e. The SMILES string of the molecule is CC[C@H]1CC2CCN(C2C)[C@H]1COc1cccc(Cl)c1Cl. The smallest absolute Gasteiger partial charge is 0.139 e. The molecule has 2 bridgehead atoms.